The average Bonchev–Trinajstić information content (AvgIpc) is 2.00. The van der Waals surface area contributed by atoms with Crippen LogP contribution < -0.4 is 0 Å². The van der Waals surface area contributed by atoms with E-state index in [1.165, 1.54) is 77.0 Å². The average molecular weight is 1900 g/mol. The quantitative estimate of drug-likeness (QED) is 0.132. The van der Waals surface area contributed by atoms with Crippen molar-refractivity contribution in [3.8, 4) is 0 Å². The first-order valence-corrected chi connectivity index (χ1v) is 50.0. The van der Waals surface area contributed by atoms with E-state index >= 15 is 0 Å². The molecule has 720 valence electrons. The van der Waals surface area contributed by atoms with Gasteiger partial charge >= 0.3 is 0 Å². The number of benzene rings is 11. The Balaban J connectivity index is 0.000000103. The molecule has 0 fully saturated rings. The minimum absolute atomic E-state index is 0.462. The third-order valence-corrected chi connectivity index (χ3v) is 26.6. The molecule has 0 aliphatic rings. The lowest BCUT2D eigenvalue weighted by atomic mass is 9.97. The first kappa shape index (κ1) is 96.5. The van der Waals surface area contributed by atoms with Crippen molar-refractivity contribution in [2.75, 3.05) is 0 Å². The Hall–Kier alpha value is -16.3. The zero-order valence-corrected chi connectivity index (χ0v) is 84.8. The highest BCUT2D eigenvalue weighted by atomic mass is 16.4. The molecule has 0 saturated carbocycles. The van der Waals surface area contributed by atoms with Gasteiger partial charge in [-0.05, 0) is 231 Å². The molecule has 0 bridgehead atoms. The molecule has 0 saturated heterocycles. The second-order valence-electron chi connectivity index (χ2n) is 39.4. The fourth-order valence-corrected chi connectivity index (χ4v) is 19.0. The van der Waals surface area contributed by atoms with E-state index in [4.69, 9.17) is 39.8 Å². The highest BCUT2D eigenvalue weighted by Gasteiger charge is 2.22. The van der Waals surface area contributed by atoms with Gasteiger partial charge < -0.3 is 39.8 Å². The van der Waals surface area contributed by atoms with Gasteiger partial charge in [0.2, 0.25) is 17.1 Å². The monoisotopic (exact) mass is 1900 g/mol. The molecule has 27 rings (SSSR count). The highest BCUT2D eigenvalue weighted by Crippen LogP contribution is 2.42. The molecule has 16 aromatic heterocycles. The lowest BCUT2D eigenvalue weighted by Crippen LogP contribution is -1.87. The smallest absolute Gasteiger partial charge is 0.227 e. The van der Waals surface area contributed by atoms with Crippen molar-refractivity contribution in [3.05, 3.63) is 391 Å². The number of rotatable bonds is 9. The van der Waals surface area contributed by atoms with Gasteiger partial charge in [-0.15, -0.1) is 0 Å². The van der Waals surface area contributed by atoms with Gasteiger partial charge in [0.15, 0.2) is 11.2 Å². The molecule has 0 spiro atoms. The largest absolute Gasteiger partial charge is 0.456 e. The summed E-state index contributed by atoms with van der Waals surface area (Å²) in [5.74, 6) is 4.45. The van der Waals surface area contributed by atoms with Crippen LogP contribution in [0.1, 0.15) is 228 Å². The van der Waals surface area contributed by atoms with Gasteiger partial charge in [0.05, 0.1) is 0 Å². The maximum atomic E-state index is 5.94. The summed E-state index contributed by atoms with van der Waals surface area (Å²) in [5, 5.41) is 18.4. The normalized spacial score (nSPS) is 11.7. The minimum atomic E-state index is 0.462. The van der Waals surface area contributed by atoms with Gasteiger partial charge in [-0.25, -0.2) is 15.0 Å². The predicted octanol–water partition coefficient (Wildman–Crippen LogP) is 38.1. The number of aromatic nitrogens is 7. The van der Waals surface area contributed by atoms with Crippen molar-refractivity contribution in [3.63, 3.8) is 0 Å². The van der Waals surface area contributed by atoms with E-state index in [-0.39, 0.29) is 0 Å². The van der Waals surface area contributed by atoms with E-state index in [1.807, 2.05) is 116 Å². The molecule has 0 N–H and O–H groups in total. The van der Waals surface area contributed by atoms with E-state index < -0.39 is 0 Å². The van der Waals surface area contributed by atoms with Crippen molar-refractivity contribution < 1.29 is 39.8 Å². The number of hydrogen-bond acceptors (Lipinski definition) is 16. The van der Waals surface area contributed by atoms with Gasteiger partial charge in [0.25, 0.3) is 0 Å². The van der Waals surface area contributed by atoms with E-state index in [2.05, 4.69) is 342 Å². The minimum Gasteiger partial charge on any atom is -0.456 e. The van der Waals surface area contributed by atoms with Crippen LogP contribution in [0.15, 0.2) is 381 Å². The van der Waals surface area contributed by atoms with Crippen molar-refractivity contribution >= 4 is 198 Å². The van der Waals surface area contributed by atoms with Crippen molar-refractivity contribution in [1.82, 2.24) is 34.9 Å². The summed E-state index contributed by atoms with van der Waals surface area (Å²) in [6.07, 6.45) is 16.1. The number of furan rings is 9. The zero-order chi connectivity index (χ0) is 100. The summed E-state index contributed by atoms with van der Waals surface area (Å²) >= 11 is 0. The Morgan fingerprint density at radius 1 is 0.167 bits per heavy atom. The van der Waals surface area contributed by atoms with Crippen LogP contribution in [-0.2, 0) is 0 Å². The van der Waals surface area contributed by atoms with Crippen LogP contribution in [0.25, 0.3) is 198 Å². The van der Waals surface area contributed by atoms with Crippen molar-refractivity contribution in [2.24, 2.45) is 0 Å². The summed E-state index contributed by atoms with van der Waals surface area (Å²) in [4.78, 5) is 29.7. The van der Waals surface area contributed by atoms with E-state index in [0.29, 0.717) is 53.3 Å². The van der Waals surface area contributed by atoms with E-state index in [9.17, 15) is 0 Å². The van der Waals surface area contributed by atoms with Crippen LogP contribution in [0.3, 0.4) is 0 Å². The number of fused-ring (bicyclic) bond motifs is 27. The molecule has 0 aliphatic heterocycles. The standard InChI is InChI=1S/2C15H14O.7C14H13NO/c1-10(2)11-7-5-8-13-12-6-3-4-9-14(12)16-15(11)13;1-10(2)11-7-5-9-14-15(11)12-6-3-4-8-13(12)16-14;1-9(2)10-5-3-7-12-13(10)11-6-4-8-15-14(11)16-12;1-9(2)10-5-3-6-11-13-12(16-14(10)11)7-4-8-15-13;1-9(2)10-5-3-6-11-12-7-4-8-15-14(12)16-13(10)11;1-9(2)10-3-4-11-12-8-15-6-5-13(12)16-14(11)7-10;1-9(2)10-5-6-11-13(8-10)16-12-4-3-7-15-14(11)12;1-9(2)10-5-6-11-12-4-3-7-15-14(12)16-13(11)8-10;1-9(2)10-4-3-5-11-12-8-15-7-6-13(12)16-14(10)11/h2*3-10H,1-2H3;7*3-9H,1-2H3. The number of para-hydroxylation sites is 6. The Labute approximate surface area is 836 Å². The first-order valence-electron chi connectivity index (χ1n) is 50.0. The number of nitrogens with zero attached hydrogens (tertiary/aromatic N) is 7. The topological polar surface area (TPSA) is 208 Å². The SMILES string of the molecule is CC(C)c1ccc2c(c1)oc1cccnc12.CC(C)c1ccc2c(c1)oc1ccncc12.CC(C)c1ccc2c(c1)oc1ncccc12.CC(C)c1cccc2c1oc1ccccc12.CC(C)c1cccc2c1oc1cccnc12.CC(C)c1cccc2c1oc1ccncc12.CC(C)c1cccc2c1oc1ncccc12.CC(C)c1cccc2oc3ccccc3c12.CC(C)c1cccc2oc3ncccc3c12. The number of pyridine rings is 7. The van der Waals surface area contributed by atoms with Crippen molar-refractivity contribution in [1.29, 1.82) is 0 Å². The second kappa shape index (κ2) is 42.2. The molecular formula is C128H119N7O9. The lowest BCUT2D eigenvalue weighted by molar-refractivity contribution is 0.643. The molecule has 16 heterocycles. The summed E-state index contributed by atoms with van der Waals surface area (Å²) < 4.78 is 52.5. The van der Waals surface area contributed by atoms with Gasteiger partial charge in [-0.1, -0.05) is 282 Å². The Morgan fingerprint density at radius 2 is 0.451 bits per heavy atom. The maximum Gasteiger partial charge on any atom is 0.227 e. The summed E-state index contributed by atoms with van der Waals surface area (Å²) in [5.41, 5.74) is 29.9. The molecule has 0 radical (unpaired) electrons. The van der Waals surface area contributed by atoms with Gasteiger partial charge in [0, 0.05) is 142 Å². The van der Waals surface area contributed by atoms with E-state index in [0.717, 1.165) is 171 Å². The molecule has 16 nitrogen and oxygen atoms in total. The van der Waals surface area contributed by atoms with Crippen LogP contribution in [0.2, 0.25) is 0 Å². The summed E-state index contributed by atoms with van der Waals surface area (Å²) in [7, 11) is 0. The van der Waals surface area contributed by atoms with Crippen LogP contribution in [0.5, 0.6) is 0 Å². The Morgan fingerprint density at radius 3 is 0.972 bits per heavy atom. The predicted molar refractivity (Wildman–Crippen MR) is 595 cm³/mol. The Bertz CT molecular complexity index is 8330. The van der Waals surface area contributed by atoms with Crippen LogP contribution in [0.4, 0.5) is 0 Å². The molecule has 0 amide bonds. The summed E-state index contributed by atoms with van der Waals surface area (Å²) in [6.45, 7) is 39.4. The summed E-state index contributed by atoms with van der Waals surface area (Å²) in [6, 6.07) is 96.9. The van der Waals surface area contributed by atoms with Crippen molar-refractivity contribution in [2.45, 2.75) is 178 Å². The molecule has 16 heteroatoms. The molecule has 0 unspecified atom stereocenters. The third-order valence-electron chi connectivity index (χ3n) is 26.6. The molecule has 0 atom stereocenters. The maximum absolute atomic E-state index is 5.94. The lowest BCUT2D eigenvalue weighted by Gasteiger charge is -2.06. The Kier molecular flexibility index (Phi) is 28.3. The van der Waals surface area contributed by atoms with Crippen LogP contribution in [0, 0.1) is 0 Å². The third kappa shape index (κ3) is 19.9. The van der Waals surface area contributed by atoms with Gasteiger partial charge in [-0.2, -0.15) is 0 Å². The van der Waals surface area contributed by atoms with Gasteiger partial charge in [0.1, 0.15) is 83.6 Å². The fourth-order valence-electron chi connectivity index (χ4n) is 19.0. The van der Waals surface area contributed by atoms with Gasteiger partial charge in [-0.3, -0.25) is 19.9 Å². The first-order chi connectivity index (χ1) is 69.9. The molecule has 27 aromatic rings. The highest BCUT2D eigenvalue weighted by molar-refractivity contribution is 6.12. The van der Waals surface area contributed by atoms with Crippen LogP contribution >= 0.6 is 0 Å². The van der Waals surface area contributed by atoms with Crippen LogP contribution in [-0.4, -0.2) is 34.9 Å². The molecule has 11 aromatic carbocycles. The molecule has 144 heavy (non-hydrogen) atoms. The number of hydrogen-bond donors (Lipinski definition) is 0. The second-order valence-corrected chi connectivity index (χ2v) is 39.4. The molecule has 0 aliphatic carbocycles. The fraction of sp³-hybridized carbons (Fsp3) is 0.211. The molecular weight excluding hydrogens is 1780 g/mol. The van der Waals surface area contributed by atoms with E-state index in [1.54, 1.807) is 43.4 Å². The zero-order valence-electron chi connectivity index (χ0n) is 84.8.